The Labute approximate surface area is 187 Å². The minimum atomic E-state index is 0.751. The average molecular weight is 412 g/mol. The van der Waals surface area contributed by atoms with Gasteiger partial charge in [-0.2, -0.15) is 0 Å². The topological polar surface area (TPSA) is 12.5 Å². The van der Waals surface area contributed by atoms with Crippen molar-refractivity contribution < 1.29 is 4.74 Å². The summed E-state index contributed by atoms with van der Waals surface area (Å²) >= 11 is 0. The van der Waals surface area contributed by atoms with Crippen molar-refractivity contribution in [3.05, 3.63) is 102 Å². The summed E-state index contributed by atoms with van der Waals surface area (Å²) in [5, 5.41) is 0. The lowest BCUT2D eigenvalue weighted by atomic mass is 9.88. The fourth-order valence-electron chi connectivity index (χ4n) is 4.41. The number of hydrogen-bond acceptors (Lipinski definition) is 2. The molecule has 1 aliphatic rings. The molecule has 0 unspecified atom stereocenters. The summed E-state index contributed by atoms with van der Waals surface area (Å²) in [6.45, 7) is 8.73. The maximum absolute atomic E-state index is 6.04. The second-order valence-electron chi connectivity index (χ2n) is 8.35. The van der Waals surface area contributed by atoms with Crippen LogP contribution in [-0.2, 0) is 0 Å². The zero-order valence-corrected chi connectivity index (χ0v) is 18.8. The third-order valence-electron chi connectivity index (χ3n) is 6.27. The molecule has 3 aromatic rings. The maximum atomic E-state index is 6.04. The Morgan fingerprint density at radius 1 is 0.774 bits per heavy atom. The van der Waals surface area contributed by atoms with Crippen molar-refractivity contribution in [2.75, 3.05) is 26.2 Å². The van der Waals surface area contributed by atoms with Crippen LogP contribution in [0.2, 0.25) is 0 Å². The van der Waals surface area contributed by atoms with E-state index in [9.17, 15) is 0 Å². The highest BCUT2D eigenvalue weighted by Crippen LogP contribution is 2.34. The summed E-state index contributed by atoms with van der Waals surface area (Å²) in [6, 6.07) is 30.1. The van der Waals surface area contributed by atoms with E-state index in [0.29, 0.717) is 0 Å². The molecule has 31 heavy (non-hydrogen) atoms. The first kappa shape index (κ1) is 21.4. The van der Waals surface area contributed by atoms with Crippen molar-refractivity contribution in [2.24, 2.45) is 5.92 Å². The molecular weight excluding hydrogens is 378 g/mol. The van der Waals surface area contributed by atoms with E-state index in [1.54, 1.807) is 0 Å². The van der Waals surface area contributed by atoms with Crippen molar-refractivity contribution in [1.82, 2.24) is 4.90 Å². The molecule has 1 saturated heterocycles. The molecule has 1 aliphatic heterocycles. The quantitative estimate of drug-likeness (QED) is 0.360. The molecule has 2 heteroatoms. The zero-order valence-electron chi connectivity index (χ0n) is 18.8. The molecule has 1 heterocycles. The van der Waals surface area contributed by atoms with E-state index in [4.69, 9.17) is 4.74 Å². The van der Waals surface area contributed by atoms with Gasteiger partial charge in [0, 0.05) is 19.6 Å². The van der Waals surface area contributed by atoms with E-state index in [1.807, 2.05) is 0 Å². The van der Waals surface area contributed by atoms with Crippen molar-refractivity contribution in [1.29, 1.82) is 0 Å². The van der Waals surface area contributed by atoms with Gasteiger partial charge in [0.25, 0.3) is 0 Å². The van der Waals surface area contributed by atoms with Crippen LogP contribution in [0.5, 0.6) is 5.75 Å². The maximum Gasteiger partial charge on any atom is 0.119 e. The van der Waals surface area contributed by atoms with Gasteiger partial charge < -0.3 is 4.74 Å². The molecule has 0 bridgehead atoms. The summed E-state index contributed by atoms with van der Waals surface area (Å²) in [5.41, 5.74) is 6.42. The van der Waals surface area contributed by atoms with Gasteiger partial charge in [0.2, 0.25) is 0 Å². The Hall–Kier alpha value is -2.84. The van der Waals surface area contributed by atoms with Gasteiger partial charge in [0.1, 0.15) is 12.4 Å². The number of ether oxygens (including phenoxy) is 1. The third kappa shape index (κ3) is 5.26. The molecule has 0 aliphatic carbocycles. The molecule has 0 radical (unpaired) electrons. The molecule has 0 amide bonds. The van der Waals surface area contributed by atoms with Gasteiger partial charge in [-0.15, -0.1) is 0 Å². The standard InChI is InChI=1S/C29H33NO/c1-3-23-21-30(22-23)19-20-31-27-17-15-26(16-18-27)29(25-13-9-6-10-14-25)28(4-2)24-11-7-5-8-12-24/h5-18,23H,3-4,19-22H2,1-2H3/b29-28+. The summed E-state index contributed by atoms with van der Waals surface area (Å²) in [6.07, 6.45) is 2.26. The van der Waals surface area contributed by atoms with Crippen LogP contribution in [0, 0.1) is 5.92 Å². The lowest BCUT2D eigenvalue weighted by Crippen LogP contribution is -2.47. The predicted octanol–water partition coefficient (Wildman–Crippen LogP) is 6.78. The lowest BCUT2D eigenvalue weighted by molar-refractivity contribution is 0.0806. The van der Waals surface area contributed by atoms with Crippen molar-refractivity contribution in [3.63, 3.8) is 0 Å². The smallest absolute Gasteiger partial charge is 0.119 e. The van der Waals surface area contributed by atoms with Gasteiger partial charge in [-0.25, -0.2) is 0 Å². The Balaban J connectivity index is 1.54. The van der Waals surface area contributed by atoms with E-state index in [2.05, 4.69) is 104 Å². The van der Waals surface area contributed by atoms with Gasteiger partial charge in [0.05, 0.1) is 0 Å². The monoisotopic (exact) mass is 411 g/mol. The van der Waals surface area contributed by atoms with Crippen LogP contribution in [0.3, 0.4) is 0 Å². The van der Waals surface area contributed by atoms with E-state index in [1.165, 1.54) is 47.3 Å². The SMILES string of the molecule is CC/C(=C(/c1ccccc1)c1ccc(OCCN2CC(CC)C2)cc1)c1ccccc1. The number of likely N-dealkylation sites (tertiary alicyclic amines) is 1. The molecule has 0 atom stereocenters. The molecule has 0 aromatic heterocycles. The molecule has 0 N–H and O–H groups in total. The highest BCUT2D eigenvalue weighted by molar-refractivity contribution is 5.98. The fraction of sp³-hybridized carbons (Fsp3) is 0.310. The van der Waals surface area contributed by atoms with Crippen LogP contribution < -0.4 is 4.74 Å². The molecule has 0 spiro atoms. The third-order valence-corrected chi connectivity index (χ3v) is 6.27. The summed E-state index contributed by atoms with van der Waals surface area (Å²) < 4.78 is 6.04. The van der Waals surface area contributed by atoms with Crippen molar-refractivity contribution in [2.45, 2.75) is 26.7 Å². The van der Waals surface area contributed by atoms with E-state index in [-0.39, 0.29) is 0 Å². The Kier molecular flexibility index (Phi) is 7.22. The zero-order chi connectivity index (χ0) is 21.5. The van der Waals surface area contributed by atoms with E-state index < -0.39 is 0 Å². The molecule has 0 saturated carbocycles. The minimum Gasteiger partial charge on any atom is -0.492 e. The summed E-state index contributed by atoms with van der Waals surface area (Å²) in [4.78, 5) is 2.48. The summed E-state index contributed by atoms with van der Waals surface area (Å²) in [5.74, 6) is 1.83. The molecular formula is C29H33NO. The second-order valence-corrected chi connectivity index (χ2v) is 8.35. The van der Waals surface area contributed by atoms with E-state index in [0.717, 1.165) is 31.2 Å². The van der Waals surface area contributed by atoms with Gasteiger partial charge in [0.15, 0.2) is 0 Å². The molecule has 2 nitrogen and oxygen atoms in total. The van der Waals surface area contributed by atoms with Crippen LogP contribution in [0.4, 0.5) is 0 Å². The highest BCUT2D eigenvalue weighted by Gasteiger charge is 2.24. The largest absolute Gasteiger partial charge is 0.492 e. The molecule has 1 fully saturated rings. The Morgan fingerprint density at radius 3 is 1.94 bits per heavy atom. The first-order valence-electron chi connectivity index (χ1n) is 11.6. The van der Waals surface area contributed by atoms with Gasteiger partial charge in [-0.1, -0.05) is 93.1 Å². The fourth-order valence-corrected chi connectivity index (χ4v) is 4.41. The van der Waals surface area contributed by atoms with Crippen LogP contribution in [-0.4, -0.2) is 31.1 Å². The van der Waals surface area contributed by atoms with Crippen LogP contribution in [0.15, 0.2) is 84.9 Å². The van der Waals surface area contributed by atoms with Gasteiger partial charge >= 0.3 is 0 Å². The van der Waals surface area contributed by atoms with Crippen LogP contribution in [0.25, 0.3) is 11.1 Å². The Morgan fingerprint density at radius 2 is 1.35 bits per heavy atom. The number of benzene rings is 3. The van der Waals surface area contributed by atoms with E-state index >= 15 is 0 Å². The number of allylic oxidation sites excluding steroid dienone is 1. The Bertz CT molecular complexity index is 970. The normalized spacial score (nSPS) is 15.3. The van der Waals surface area contributed by atoms with Crippen LogP contribution >= 0.6 is 0 Å². The first-order chi connectivity index (χ1) is 15.3. The van der Waals surface area contributed by atoms with Crippen molar-refractivity contribution in [3.8, 4) is 5.75 Å². The molecule has 160 valence electrons. The number of hydrogen-bond donors (Lipinski definition) is 0. The minimum absolute atomic E-state index is 0.751. The van der Waals surface area contributed by atoms with Gasteiger partial charge in [-0.05, 0) is 52.3 Å². The number of rotatable bonds is 9. The molecule has 3 aromatic carbocycles. The highest BCUT2D eigenvalue weighted by atomic mass is 16.5. The predicted molar refractivity (Wildman–Crippen MR) is 131 cm³/mol. The lowest BCUT2D eigenvalue weighted by Gasteiger charge is -2.38. The first-order valence-corrected chi connectivity index (χ1v) is 11.6. The van der Waals surface area contributed by atoms with Gasteiger partial charge in [-0.3, -0.25) is 4.90 Å². The van der Waals surface area contributed by atoms with Crippen molar-refractivity contribution >= 4 is 11.1 Å². The average Bonchev–Trinajstić information content (AvgIpc) is 2.80. The molecule has 4 rings (SSSR count). The second kappa shape index (κ2) is 10.5. The number of nitrogens with zero attached hydrogens (tertiary/aromatic N) is 1. The summed E-state index contributed by atoms with van der Waals surface area (Å²) in [7, 11) is 0. The van der Waals surface area contributed by atoms with Crippen LogP contribution in [0.1, 0.15) is 43.4 Å².